The van der Waals surface area contributed by atoms with E-state index < -0.39 is 0 Å². The Kier molecular flexibility index (Phi) is 12.8. The van der Waals surface area contributed by atoms with Crippen molar-refractivity contribution in [2.75, 3.05) is 60.2 Å². The monoisotopic (exact) mass is 232 g/mol. The Balaban J connectivity index is 3.48. The van der Waals surface area contributed by atoms with Gasteiger partial charge in [0.25, 0.3) is 0 Å². The number of hydrogen-bond donors (Lipinski definition) is 1. The zero-order valence-electron chi connectivity index (χ0n) is 11.1. The standard InChI is InChI=1S/C12H28N2O2/c1-4-13-7-5-6-8-14(9-11-15-2)10-12-16-3/h13H,4-12H2,1-3H3. The van der Waals surface area contributed by atoms with Gasteiger partial charge < -0.3 is 14.8 Å². The minimum absolute atomic E-state index is 0.803. The van der Waals surface area contributed by atoms with E-state index in [9.17, 15) is 0 Å². The molecule has 0 aromatic rings. The molecule has 0 aliphatic heterocycles. The molecule has 0 heterocycles. The van der Waals surface area contributed by atoms with E-state index in [2.05, 4.69) is 17.1 Å². The fraction of sp³-hybridized carbons (Fsp3) is 1.00. The van der Waals surface area contributed by atoms with Gasteiger partial charge in [0, 0.05) is 27.3 Å². The van der Waals surface area contributed by atoms with Crippen LogP contribution >= 0.6 is 0 Å². The largest absolute Gasteiger partial charge is 0.383 e. The Bertz CT molecular complexity index is 126. The molecule has 0 spiro atoms. The second-order valence-electron chi connectivity index (χ2n) is 3.89. The van der Waals surface area contributed by atoms with Gasteiger partial charge in [-0.3, -0.25) is 4.90 Å². The molecule has 0 radical (unpaired) electrons. The average Bonchev–Trinajstić information content (AvgIpc) is 2.31. The van der Waals surface area contributed by atoms with Gasteiger partial charge >= 0.3 is 0 Å². The maximum absolute atomic E-state index is 5.10. The van der Waals surface area contributed by atoms with Gasteiger partial charge in [0.15, 0.2) is 0 Å². The van der Waals surface area contributed by atoms with Gasteiger partial charge in [0.05, 0.1) is 13.2 Å². The van der Waals surface area contributed by atoms with E-state index in [4.69, 9.17) is 9.47 Å². The van der Waals surface area contributed by atoms with Gasteiger partial charge in [-0.1, -0.05) is 6.92 Å². The predicted molar refractivity (Wildman–Crippen MR) is 68.0 cm³/mol. The van der Waals surface area contributed by atoms with Crippen molar-refractivity contribution < 1.29 is 9.47 Å². The molecule has 4 heteroatoms. The number of nitrogens with one attached hydrogen (secondary N) is 1. The third-order valence-corrected chi connectivity index (χ3v) is 2.55. The summed E-state index contributed by atoms with van der Waals surface area (Å²) in [5.41, 5.74) is 0. The highest BCUT2D eigenvalue weighted by Gasteiger charge is 2.03. The van der Waals surface area contributed by atoms with Gasteiger partial charge in [-0.2, -0.15) is 0 Å². The fourth-order valence-corrected chi connectivity index (χ4v) is 1.54. The lowest BCUT2D eigenvalue weighted by Gasteiger charge is -2.21. The van der Waals surface area contributed by atoms with E-state index in [1.54, 1.807) is 14.2 Å². The van der Waals surface area contributed by atoms with E-state index in [1.807, 2.05) is 0 Å². The summed E-state index contributed by atoms with van der Waals surface area (Å²) in [6, 6.07) is 0. The Morgan fingerprint density at radius 2 is 1.56 bits per heavy atom. The Morgan fingerprint density at radius 1 is 0.938 bits per heavy atom. The normalized spacial score (nSPS) is 11.2. The highest BCUT2D eigenvalue weighted by atomic mass is 16.5. The Hall–Kier alpha value is -0.160. The lowest BCUT2D eigenvalue weighted by Crippen LogP contribution is -2.32. The Labute approximate surface area is 100 Å². The molecule has 0 fully saturated rings. The maximum Gasteiger partial charge on any atom is 0.0589 e. The topological polar surface area (TPSA) is 33.7 Å². The van der Waals surface area contributed by atoms with Crippen LogP contribution in [0.5, 0.6) is 0 Å². The van der Waals surface area contributed by atoms with Crippen LogP contribution in [-0.4, -0.2) is 65.1 Å². The number of nitrogens with zero attached hydrogens (tertiary/aromatic N) is 1. The SMILES string of the molecule is CCNCCCCN(CCOC)CCOC. The highest BCUT2D eigenvalue weighted by Crippen LogP contribution is 1.95. The van der Waals surface area contributed by atoms with Crippen molar-refractivity contribution in [3.8, 4) is 0 Å². The van der Waals surface area contributed by atoms with Crippen LogP contribution in [0.4, 0.5) is 0 Å². The second kappa shape index (κ2) is 12.9. The number of ether oxygens (including phenoxy) is 2. The zero-order chi connectivity index (χ0) is 12.1. The number of unbranched alkanes of at least 4 members (excludes halogenated alkanes) is 1. The molecule has 0 aromatic carbocycles. The van der Waals surface area contributed by atoms with Crippen LogP contribution in [0.25, 0.3) is 0 Å². The van der Waals surface area contributed by atoms with Crippen LogP contribution in [0.3, 0.4) is 0 Å². The third kappa shape index (κ3) is 10.4. The zero-order valence-corrected chi connectivity index (χ0v) is 11.1. The van der Waals surface area contributed by atoms with Crippen molar-refractivity contribution in [1.82, 2.24) is 10.2 Å². The molecular weight excluding hydrogens is 204 g/mol. The van der Waals surface area contributed by atoms with Crippen molar-refractivity contribution in [3.63, 3.8) is 0 Å². The first-order valence-electron chi connectivity index (χ1n) is 6.26. The van der Waals surface area contributed by atoms with Crippen LogP contribution in [0.15, 0.2) is 0 Å². The van der Waals surface area contributed by atoms with Gasteiger partial charge in [0.2, 0.25) is 0 Å². The number of hydrogen-bond acceptors (Lipinski definition) is 4. The van der Waals surface area contributed by atoms with Crippen molar-refractivity contribution in [1.29, 1.82) is 0 Å². The molecule has 0 atom stereocenters. The number of methoxy groups -OCH3 is 2. The first-order chi connectivity index (χ1) is 7.85. The summed E-state index contributed by atoms with van der Waals surface area (Å²) in [6.07, 6.45) is 2.48. The molecule has 1 N–H and O–H groups in total. The molecule has 0 rings (SSSR count). The second-order valence-corrected chi connectivity index (χ2v) is 3.89. The van der Waals surface area contributed by atoms with Crippen LogP contribution in [-0.2, 0) is 9.47 Å². The minimum Gasteiger partial charge on any atom is -0.383 e. The molecular formula is C12H28N2O2. The molecule has 16 heavy (non-hydrogen) atoms. The molecule has 0 amide bonds. The fourth-order valence-electron chi connectivity index (χ4n) is 1.54. The summed E-state index contributed by atoms with van der Waals surface area (Å²) in [4.78, 5) is 2.40. The van der Waals surface area contributed by atoms with Crippen LogP contribution in [0.1, 0.15) is 19.8 Å². The van der Waals surface area contributed by atoms with Crippen molar-refractivity contribution in [3.05, 3.63) is 0 Å². The van der Waals surface area contributed by atoms with Gasteiger partial charge in [-0.25, -0.2) is 0 Å². The van der Waals surface area contributed by atoms with E-state index in [1.165, 1.54) is 12.8 Å². The first kappa shape index (κ1) is 15.8. The molecule has 0 aromatic heterocycles. The third-order valence-electron chi connectivity index (χ3n) is 2.55. The molecule has 0 aliphatic carbocycles. The molecule has 98 valence electrons. The van der Waals surface area contributed by atoms with Crippen LogP contribution in [0, 0.1) is 0 Å². The first-order valence-corrected chi connectivity index (χ1v) is 6.26. The summed E-state index contributed by atoms with van der Waals surface area (Å²) in [7, 11) is 3.50. The van der Waals surface area contributed by atoms with Crippen molar-refractivity contribution in [2.45, 2.75) is 19.8 Å². The summed E-state index contributed by atoms with van der Waals surface area (Å²) < 4.78 is 10.2. The molecule has 0 unspecified atom stereocenters. The van der Waals surface area contributed by atoms with Gasteiger partial charge in [0.1, 0.15) is 0 Å². The minimum atomic E-state index is 0.803. The summed E-state index contributed by atoms with van der Waals surface area (Å²) in [5, 5.41) is 3.34. The van der Waals surface area contributed by atoms with Crippen molar-refractivity contribution in [2.24, 2.45) is 0 Å². The van der Waals surface area contributed by atoms with E-state index in [0.29, 0.717) is 0 Å². The van der Waals surface area contributed by atoms with Gasteiger partial charge in [-0.15, -0.1) is 0 Å². The molecule has 4 nitrogen and oxygen atoms in total. The Morgan fingerprint density at radius 3 is 2.06 bits per heavy atom. The van der Waals surface area contributed by atoms with E-state index in [-0.39, 0.29) is 0 Å². The summed E-state index contributed by atoms with van der Waals surface area (Å²) >= 11 is 0. The van der Waals surface area contributed by atoms with Crippen molar-refractivity contribution >= 4 is 0 Å². The van der Waals surface area contributed by atoms with E-state index >= 15 is 0 Å². The molecule has 0 bridgehead atoms. The summed E-state index contributed by atoms with van der Waals surface area (Å²) in [5.74, 6) is 0. The predicted octanol–water partition coefficient (Wildman–Crippen LogP) is 0.971. The highest BCUT2D eigenvalue weighted by molar-refractivity contribution is 4.58. The number of rotatable bonds is 12. The van der Waals surface area contributed by atoms with E-state index in [0.717, 1.165) is 45.9 Å². The summed E-state index contributed by atoms with van der Waals surface area (Å²) in [6.45, 7) is 9.08. The lowest BCUT2D eigenvalue weighted by molar-refractivity contribution is 0.113. The smallest absolute Gasteiger partial charge is 0.0589 e. The van der Waals surface area contributed by atoms with Crippen LogP contribution < -0.4 is 5.32 Å². The quantitative estimate of drug-likeness (QED) is 0.508. The van der Waals surface area contributed by atoms with Crippen LogP contribution in [0.2, 0.25) is 0 Å². The molecule has 0 aliphatic rings. The molecule has 0 saturated heterocycles. The lowest BCUT2D eigenvalue weighted by atomic mass is 10.3. The average molecular weight is 232 g/mol. The maximum atomic E-state index is 5.10. The van der Waals surface area contributed by atoms with Gasteiger partial charge in [-0.05, 0) is 32.5 Å². The molecule has 0 saturated carbocycles.